The lowest BCUT2D eigenvalue weighted by atomic mass is 10.1. The van der Waals surface area contributed by atoms with E-state index in [2.05, 4.69) is 24.0 Å². The zero-order chi connectivity index (χ0) is 11.5. The van der Waals surface area contributed by atoms with Gasteiger partial charge in [-0.2, -0.15) is 0 Å². The molecule has 2 heteroatoms. The fourth-order valence-corrected chi connectivity index (χ4v) is 2.03. The quantitative estimate of drug-likeness (QED) is 0.568. The number of hydrogen-bond acceptors (Lipinski definition) is 2. The lowest BCUT2D eigenvalue weighted by molar-refractivity contribution is -0.115. The smallest absolute Gasteiger partial charge is 0.173 e. The van der Waals surface area contributed by atoms with E-state index in [9.17, 15) is 4.79 Å². The zero-order valence-corrected chi connectivity index (χ0v) is 9.76. The van der Waals surface area contributed by atoms with Crippen molar-refractivity contribution < 1.29 is 4.79 Å². The summed E-state index contributed by atoms with van der Waals surface area (Å²) in [5.41, 5.74) is 1.28. The van der Waals surface area contributed by atoms with Gasteiger partial charge in [-0.05, 0) is 25.5 Å². The van der Waals surface area contributed by atoms with Gasteiger partial charge in [0.15, 0.2) is 5.78 Å². The summed E-state index contributed by atoms with van der Waals surface area (Å²) in [6.07, 6.45) is 3.48. The van der Waals surface area contributed by atoms with E-state index < -0.39 is 0 Å². The molecule has 0 radical (unpaired) electrons. The Kier molecular flexibility index (Phi) is 3.20. The van der Waals surface area contributed by atoms with Gasteiger partial charge in [0.25, 0.3) is 0 Å². The Morgan fingerprint density at radius 3 is 2.75 bits per heavy atom. The van der Waals surface area contributed by atoms with E-state index in [4.69, 9.17) is 0 Å². The van der Waals surface area contributed by atoms with E-state index in [1.54, 1.807) is 6.08 Å². The molecule has 3 atom stereocenters. The van der Waals surface area contributed by atoms with E-state index in [0.29, 0.717) is 6.04 Å². The molecule has 1 saturated heterocycles. The van der Waals surface area contributed by atoms with E-state index in [-0.39, 0.29) is 11.8 Å². The minimum atomic E-state index is 0.103. The van der Waals surface area contributed by atoms with Crippen LogP contribution in [0.1, 0.15) is 25.5 Å². The molecule has 84 valence electrons. The summed E-state index contributed by atoms with van der Waals surface area (Å²) >= 11 is 0. The first kappa shape index (κ1) is 11.1. The predicted molar refractivity (Wildman–Crippen MR) is 65.2 cm³/mol. The maximum absolute atomic E-state index is 11.6. The summed E-state index contributed by atoms with van der Waals surface area (Å²) in [4.78, 5) is 13.8. The fraction of sp³-hybridized carbons (Fsp3) is 0.357. The Labute approximate surface area is 96.6 Å². The highest BCUT2D eigenvalue weighted by Gasteiger charge is 2.42. The van der Waals surface area contributed by atoms with Gasteiger partial charge in [-0.1, -0.05) is 36.4 Å². The molecule has 1 heterocycles. The molecule has 0 N–H and O–H groups in total. The number of carbonyl (C=O) groups is 1. The van der Waals surface area contributed by atoms with Crippen LogP contribution in [0, 0.1) is 0 Å². The first-order valence-electron chi connectivity index (χ1n) is 5.71. The molecule has 2 nitrogen and oxygen atoms in total. The summed E-state index contributed by atoms with van der Waals surface area (Å²) < 4.78 is 0. The Hall–Kier alpha value is -1.41. The van der Waals surface area contributed by atoms with Crippen LogP contribution in [0.25, 0.3) is 0 Å². The molecule has 0 bridgehead atoms. The second-order valence-electron chi connectivity index (χ2n) is 4.20. The number of benzene rings is 1. The molecule has 0 saturated carbocycles. The molecule has 1 aromatic carbocycles. The van der Waals surface area contributed by atoms with E-state index in [0.717, 1.165) is 6.54 Å². The predicted octanol–water partition coefficient (Wildman–Crippen LogP) is 2.58. The van der Waals surface area contributed by atoms with Crippen LogP contribution in [0.5, 0.6) is 0 Å². The van der Waals surface area contributed by atoms with Gasteiger partial charge in [0.2, 0.25) is 0 Å². The topological polar surface area (TPSA) is 20.1 Å². The number of allylic oxidation sites excluding steroid dienone is 1. The third-order valence-corrected chi connectivity index (χ3v) is 3.09. The lowest BCUT2D eigenvalue weighted by Gasteiger charge is -2.13. The van der Waals surface area contributed by atoms with Crippen molar-refractivity contribution >= 4 is 5.78 Å². The molecule has 0 amide bonds. The van der Waals surface area contributed by atoms with Gasteiger partial charge in [-0.25, -0.2) is 0 Å². The molecule has 1 aliphatic rings. The summed E-state index contributed by atoms with van der Waals surface area (Å²) in [6.45, 7) is 4.92. The van der Waals surface area contributed by atoms with Gasteiger partial charge in [-0.15, -0.1) is 0 Å². The van der Waals surface area contributed by atoms with Crippen LogP contribution in [0.3, 0.4) is 0 Å². The summed E-state index contributed by atoms with van der Waals surface area (Å²) in [6, 6.07) is 10.8. The summed E-state index contributed by atoms with van der Waals surface area (Å²) in [5, 5.41) is 0. The maximum atomic E-state index is 11.6. The van der Waals surface area contributed by atoms with Crippen LogP contribution in [0.15, 0.2) is 42.5 Å². The molecule has 1 fully saturated rings. The molecule has 16 heavy (non-hydrogen) atoms. The number of hydrogen-bond donors (Lipinski definition) is 0. The molecule has 0 spiro atoms. The maximum Gasteiger partial charge on any atom is 0.173 e. The van der Waals surface area contributed by atoms with Gasteiger partial charge < -0.3 is 0 Å². The Bertz CT molecular complexity index is 396. The molecular weight excluding hydrogens is 198 g/mol. The van der Waals surface area contributed by atoms with E-state index >= 15 is 0 Å². The number of nitrogens with zero attached hydrogens (tertiary/aromatic N) is 1. The van der Waals surface area contributed by atoms with Crippen molar-refractivity contribution in [3.8, 4) is 0 Å². The second kappa shape index (κ2) is 4.62. The van der Waals surface area contributed by atoms with Crippen molar-refractivity contribution in [3.63, 3.8) is 0 Å². The average Bonchev–Trinajstić information content (AvgIpc) is 3.09. The molecule has 1 unspecified atom stereocenters. The van der Waals surface area contributed by atoms with Crippen molar-refractivity contribution in [2.45, 2.75) is 25.9 Å². The summed E-state index contributed by atoms with van der Waals surface area (Å²) in [7, 11) is 0. The van der Waals surface area contributed by atoms with Crippen molar-refractivity contribution in [1.82, 2.24) is 4.90 Å². The first-order valence-corrected chi connectivity index (χ1v) is 5.71. The van der Waals surface area contributed by atoms with E-state index in [1.165, 1.54) is 5.56 Å². The zero-order valence-electron chi connectivity index (χ0n) is 9.76. The Morgan fingerprint density at radius 1 is 1.44 bits per heavy atom. The highest BCUT2D eigenvalue weighted by Crippen LogP contribution is 2.32. The van der Waals surface area contributed by atoms with E-state index in [1.807, 2.05) is 31.2 Å². The van der Waals surface area contributed by atoms with Crippen LogP contribution in [0.2, 0.25) is 0 Å². The standard InChI is InChI=1S/C14H17NO/c1-3-7-14(16)13-10-15(13)11(2)12-8-5-4-6-9-12/h3-9,11,13H,10H2,1-2H3/b7-3+/t11-,13-,15?/m1/s1. The molecule has 1 aliphatic heterocycles. The number of rotatable bonds is 4. The van der Waals surface area contributed by atoms with Crippen LogP contribution in [-0.2, 0) is 4.79 Å². The summed E-state index contributed by atoms with van der Waals surface area (Å²) in [5.74, 6) is 0.227. The molecular formula is C14H17NO. The fourth-order valence-electron chi connectivity index (χ4n) is 2.03. The SMILES string of the molecule is C/C=C/C(=O)[C@H]1CN1[C@H](C)c1ccccc1. The minimum Gasteiger partial charge on any atom is -0.293 e. The Morgan fingerprint density at radius 2 is 2.12 bits per heavy atom. The van der Waals surface area contributed by atoms with Crippen LogP contribution < -0.4 is 0 Å². The van der Waals surface area contributed by atoms with Gasteiger partial charge in [0.1, 0.15) is 0 Å². The lowest BCUT2D eigenvalue weighted by Crippen LogP contribution is -2.14. The largest absolute Gasteiger partial charge is 0.293 e. The average molecular weight is 215 g/mol. The van der Waals surface area contributed by atoms with Crippen molar-refractivity contribution in [1.29, 1.82) is 0 Å². The van der Waals surface area contributed by atoms with Crippen LogP contribution >= 0.6 is 0 Å². The number of ketones is 1. The van der Waals surface area contributed by atoms with Gasteiger partial charge >= 0.3 is 0 Å². The van der Waals surface area contributed by atoms with Crippen molar-refractivity contribution in [3.05, 3.63) is 48.0 Å². The number of carbonyl (C=O) groups excluding carboxylic acids is 1. The van der Waals surface area contributed by atoms with Gasteiger partial charge in [0, 0.05) is 12.6 Å². The van der Waals surface area contributed by atoms with Crippen LogP contribution in [0.4, 0.5) is 0 Å². The highest BCUT2D eigenvalue weighted by atomic mass is 16.1. The molecule has 1 aromatic rings. The molecule has 2 rings (SSSR count). The molecule has 0 aliphatic carbocycles. The second-order valence-corrected chi connectivity index (χ2v) is 4.20. The monoisotopic (exact) mass is 215 g/mol. The normalized spacial score (nSPS) is 25.6. The van der Waals surface area contributed by atoms with Gasteiger partial charge in [-0.3, -0.25) is 9.69 Å². The Balaban J connectivity index is 2.00. The van der Waals surface area contributed by atoms with Crippen molar-refractivity contribution in [2.24, 2.45) is 0 Å². The van der Waals surface area contributed by atoms with Crippen LogP contribution in [-0.4, -0.2) is 23.3 Å². The first-order chi connectivity index (χ1) is 7.74. The van der Waals surface area contributed by atoms with Crippen molar-refractivity contribution in [2.75, 3.05) is 6.54 Å². The minimum absolute atomic E-state index is 0.103. The third-order valence-electron chi connectivity index (χ3n) is 3.09. The van der Waals surface area contributed by atoms with Gasteiger partial charge in [0.05, 0.1) is 6.04 Å². The highest BCUT2D eigenvalue weighted by molar-refractivity contribution is 5.96. The molecule has 0 aromatic heterocycles. The third kappa shape index (κ3) is 2.22.